The van der Waals surface area contributed by atoms with Crippen LogP contribution < -0.4 is 20.5 Å². The van der Waals surface area contributed by atoms with Gasteiger partial charge < -0.3 is 25.4 Å². The second-order valence-corrected chi connectivity index (χ2v) is 5.92. The SMILES string of the molecule is COc1cc(NC(=O)Cc2ccc(N)cc2)c(C(=O)N(C)C)cc1OC.Cl. The Bertz CT molecular complexity index is 807. The monoisotopic (exact) mass is 393 g/mol. The summed E-state index contributed by atoms with van der Waals surface area (Å²) >= 11 is 0. The van der Waals surface area contributed by atoms with Crippen molar-refractivity contribution in [2.45, 2.75) is 6.42 Å². The third-order valence-electron chi connectivity index (χ3n) is 3.78. The molecule has 2 aromatic rings. The smallest absolute Gasteiger partial charge is 0.255 e. The van der Waals surface area contributed by atoms with E-state index in [9.17, 15) is 9.59 Å². The molecule has 2 rings (SSSR count). The molecule has 0 radical (unpaired) electrons. The van der Waals surface area contributed by atoms with Gasteiger partial charge in [0, 0.05) is 25.8 Å². The fourth-order valence-corrected chi connectivity index (χ4v) is 2.42. The summed E-state index contributed by atoms with van der Waals surface area (Å²) in [6, 6.07) is 10.2. The second kappa shape index (κ2) is 9.68. The highest BCUT2D eigenvalue weighted by Crippen LogP contribution is 2.34. The Morgan fingerprint density at radius 1 is 1.04 bits per heavy atom. The van der Waals surface area contributed by atoms with Crippen molar-refractivity contribution in [3.8, 4) is 11.5 Å². The summed E-state index contributed by atoms with van der Waals surface area (Å²) in [6.45, 7) is 0. The molecule has 8 heteroatoms. The number of hydrogen-bond acceptors (Lipinski definition) is 5. The van der Waals surface area contributed by atoms with Crippen LogP contribution in [0.5, 0.6) is 11.5 Å². The molecule has 0 saturated carbocycles. The molecular formula is C19H24ClN3O4. The van der Waals surface area contributed by atoms with E-state index < -0.39 is 0 Å². The molecule has 0 aromatic heterocycles. The predicted molar refractivity (Wildman–Crippen MR) is 108 cm³/mol. The first-order valence-corrected chi connectivity index (χ1v) is 7.97. The molecular weight excluding hydrogens is 370 g/mol. The lowest BCUT2D eigenvalue weighted by Crippen LogP contribution is -2.24. The second-order valence-electron chi connectivity index (χ2n) is 5.92. The molecule has 0 aliphatic heterocycles. The molecule has 0 aliphatic rings. The topological polar surface area (TPSA) is 93.9 Å². The van der Waals surface area contributed by atoms with Crippen LogP contribution in [0.2, 0.25) is 0 Å². The van der Waals surface area contributed by atoms with E-state index in [4.69, 9.17) is 15.2 Å². The van der Waals surface area contributed by atoms with Crippen molar-refractivity contribution in [1.82, 2.24) is 4.90 Å². The van der Waals surface area contributed by atoms with Gasteiger partial charge in [-0.25, -0.2) is 0 Å². The van der Waals surface area contributed by atoms with Crippen LogP contribution in [0.1, 0.15) is 15.9 Å². The van der Waals surface area contributed by atoms with Crippen molar-refractivity contribution in [3.05, 3.63) is 47.5 Å². The first-order valence-electron chi connectivity index (χ1n) is 7.97. The van der Waals surface area contributed by atoms with Crippen LogP contribution >= 0.6 is 12.4 Å². The van der Waals surface area contributed by atoms with Crippen LogP contribution in [0.15, 0.2) is 36.4 Å². The van der Waals surface area contributed by atoms with Crippen molar-refractivity contribution in [2.75, 3.05) is 39.4 Å². The van der Waals surface area contributed by atoms with Gasteiger partial charge in [-0.1, -0.05) is 12.1 Å². The van der Waals surface area contributed by atoms with Gasteiger partial charge in [-0.2, -0.15) is 0 Å². The van der Waals surface area contributed by atoms with E-state index in [0.29, 0.717) is 28.4 Å². The number of nitrogens with two attached hydrogens (primary N) is 1. The molecule has 3 N–H and O–H groups in total. The summed E-state index contributed by atoms with van der Waals surface area (Å²) in [5.74, 6) is 0.323. The molecule has 27 heavy (non-hydrogen) atoms. The number of benzene rings is 2. The fraction of sp³-hybridized carbons (Fsp3) is 0.263. The zero-order chi connectivity index (χ0) is 19.3. The van der Waals surface area contributed by atoms with Gasteiger partial charge >= 0.3 is 0 Å². The van der Waals surface area contributed by atoms with Gasteiger partial charge in [0.2, 0.25) is 5.91 Å². The Labute approximate surface area is 164 Å². The molecule has 0 saturated heterocycles. The van der Waals surface area contributed by atoms with Crippen LogP contribution in [0.25, 0.3) is 0 Å². The minimum absolute atomic E-state index is 0. The van der Waals surface area contributed by atoms with E-state index in [0.717, 1.165) is 5.56 Å². The number of ether oxygens (including phenoxy) is 2. The van der Waals surface area contributed by atoms with E-state index in [-0.39, 0.29) is 30.6 Å². The number of nitrogen functional groups attached to an aromatic ring is 1. The molecule has 2 amide bonds. The van der Waals surface area contributed by atoms with E-state index in [1.165, 1.54) is 19.1 Å². The molecule has 0 atom stereocenters. The highest BCUT2D eigenvalue weighted by Gasteiger charge is 2.20. The number of halogens is 1. The first kappa shape index (κ1) is 22.1. The summed E-state index contributed by atoms with van der Waals surface area (Å²) < 4.78 is 10.5. The molecule has 0 spiro atoms. The zero-order valence-corrected chi connectivity index (χ0v) is 16.6. The van der Waals surface area contributed by atoms with Gasteiger partial charge in [0.1, 0.15) is 0 Å². The molecule has 0 aliphatic carbocycles. The minimum atomic E-state index is -0.256. The van der Waals surface area contributed by atoms with Crippen LogP contribution in [0.3, 0.4) is 0 Å². The summed E-state index contributed by atoms with van der Waals surface area (Å²) in [6.07, 6.45) is 0.157. The van der Waals surface area contributed by atoms with Crippen LogP contribution in [0, 0.1) is 0 Å². The number of nitrogens with zero attached hydrogens (tertiary/aromatic N) is 1. The van der Waals surface area contributed by atoms with Crippen molar-refractivity contribution in [2.24, 2.45) is 0 Å². The third kappa shape index (κ3) is 5.52. The number of rotatable bonds is 6. The number of carbonyl (C=O) groups is 2. The van der Waals surface area contributed by atoms with Gasteiger partial charge in [0.15, 0.2) is 11.5 Å². The highest BCUT2D eigenvalue weighted by molar-refractivity contribution is 6.04. The fourth-order valence-electron chi connectivity index (χ4n) is 2.42. The maximum atomic E-state index is 12.5. The van der Waals surface area contributed by atoms with E-state index in [1.807, 2.05) is 0 Å². The molecule has 7 nitrogen and oxygen atoms in total. The Hall–Kier alpha value is -2.93. The maximum absolute atomic E-state index is 12.5. The van der Waals surface area contributed by atoms with Gasteiger partial charge in [0.05, 0.1) is 31.9 Å². The third-order valence-corrected chi connectivity index (χ3v) is 3.78. The summed E-state index contributed by atoms with van der Waals surface area (Å²) in [4.78, 5) is 26.3. The molecule has 146 valence electrons. The Morgan fingerprint density at radius 2 is 1.59 bits per heavy atom. The number of hydrogen-bond donors (Lipinski definition) is 2. The number of amides is 2. The summed E-state index contributed by atoms with van der Waals surface area (Å²) in [7, 11) is 6.25. The van der Waals surface area contributed by atoms with Crippen molar-refractivity contribution < 1.29 is 19.1 Å². The molecule has 0 heterocycles. The lowest BCUT2D eigenvalue weighted by atomic mass is 10.1. The Kier molecular flexibility index (Phi) is 7.93. The van der Waals surface area contributed by atoms with E-state index >= 15 is 0 Å². The average molecular weight is 394 g/mol. The quantitative estimate of drug-likeness (QED) is 0.735. The molecule has 0 bridgehead atoms. The van der Waals surface area contributed by atoms with E-state index in [2.05, 4.69) is 5.32 Å². The van der Waals surface area contributed by atoms with Gasteiger partial charge in [0.25, 0.3) is 5.91 Å². The van der Waals surface area contributed by atoms with Crippen LogP contribution in [-0.2, 0) is 11.2 Å². The summed E-state index contributed by atoms with van der Waals surface area (Å²) in [5, 5.41) is 2.78. The first-order chi connectivity index (χ1) is 12.3. The summed E-state index contributed by atoms with van der Waals surface area (Å²) in [5.41, 5.74) is 7.78. The van der Waals surface area contributed by atoms with Gasteiger partial charge in [-0.15, -0.1) is 12.4 Å². The molecule has 2 aromatic carbocycles. The van der Waals surface area contributed by atoms with Crippen molar-refractivity contribution in [1.29, 1.82) is 0 Å². The molecule has 0 unspecified atom stereocenters. The predicted octanol–water partition coefficient (Wildman–Crippen LogP) is 2.59. The average Bonchev–Trinajstić information content (AvgIpc) is 2.62. The van der Waals surface area contributed by atoms with Gasteiger partial charge in [-0.3, -0.25) is 9.59 Å². The minimum Gasteiger partial charge on any atom is -0.493 e. The Morgan fingerprint density at radius 3 is 2.11 bits per heavy atom. The van der Waals surface area contributed by atoms with Crippen molar-refractivity contribution in [3.63, 3.8) is 0 Å². The number of methoxy groups -OCH3 is 2. The molecule has 0 fully saturated rings. The number of nitrogens with one attached hydrogen (secondary N) is 1. The van der Waals surface area contributed by atoms with Crippen LogP contribution in [0.4, 0.5) is 11.4 Å². The van der Waals surface area contributed by atoms with E-state index in [1.54, 1.807) is 50.5 Å². The zero-order valence-electron chi connectivity index (χ0n) is 15.7. The Balaban J connectivity index is 0.00000364. The van der Waals surface area contributed by atoms with Gasteiger partial charge in [-0.05, 0) is 23.8 Å². The number of anilines is 2. The normalized spacial score (nSPS) is 9.78. The lowest BCUT2D eigenvalue weighted by molar-refractivity contribution is -0.115. The van der Waals surface area contributed by atoms with Crippen molar-refractivity contribution >= 4 is 35.6 Å². The highest BCUT2D eigenvalue weighted by atomic mass is 35.5. The van der Waals surface area contributed by atoms with Crippen LogP contribution in [-0.4, -0.2) is 45.0 Å². The lowest BCUT2D eigenvalue weighted by Gasteiger charge is -2.18. The number of carbonyl (C=O) groups excluding carboxylic acids is 2. The largest absolute Gasteiger partial charge is 0.493 e. The standard InChI is InChI=1S/C19H23N3O4.ClH/c1-22(2)19(24)14-10-16(25-3)17(26-4)11-15(14)21-18(23)9-12-5-7-13(20)8-6-12;/h5-8,10-11H,9,20H2,1-4H3,(H,21,23);1H. The maximum Gasteiger partial charge on any atom is 0.255 e.